The number of likely N-dealkylation sites (N-methyl/N-ethyl adjacent to an activating group) is 1. The van der Waals surface area contributed by atoms with Gasteiger partial charge in [0.25, 0.3) is 0 Å². The van der Waals surface area contributed by atoms with Crippen molar-refractivity contribution < 1.29 is 4.52 Å². The van der Waals surface area contributed by atoms with Crippen LogP contribution in [0.3, 0.4) is 0 Å². The minimum Gasteiger partial charge on any atom is -0.336 e. The average Bonchev–Trinajstić information content (AvgIpc) is 2.93. The van der Waals surface area contributed by atoms with Crippen LogP contribution in [-0.2, 0) is 0 Å². The van der Waals surface area contributed by atoms with Crippen LogP contribution >= 0.6 is 12.4 Å². The fraction of sp³-hybridized carbons (Fsp3) is 0.429. The van der Waals surface area contributed by atoms with Gasteiger partial charge in [0.15, 0.2) is 0 Å². The number of aromatic nitrogens is 2. The molecule has 2 rings (SSSR count). The van der Waals surface area contributed by atoms with Crippen LogP contribution in [0.15, 0.2) is 34.9 Å². The lowest BCUT2D eigenvalue weighted by atomic mass is 10.2. The van der Waals surface area contributed by atoms with E-state index in [1.165, 1.54) is 0 Å². The molecular formula is C14H21ClN4O. The zero-order valence-corrected chi connectivity index (χ0v) is 12.7. The number of nitrogens with zero attached hydrogens (tertiary/aromatic N) is 3. The predicted octanol–water partition coefficient (Wildman–Crippen LogP) is 2.91. The molecule has 1 aromatic heterocycles. The van der Waals surface area contributed by atoms with E-state index in [1.54, 1.807) is 0 Å². The summed E-state index contributed by atoms with van der Waals surface area (Å²) < 4.78 is 5.18. The van der Waals surface area contributed by atoms with Crippen LogP contribution < -0.4 is 5.32 Å². The minimum atomic E-state index is 0. The normalized spacial score (nSPS) is 10.3. The lowest BCUT2D eigenvalue weighted by Gasteiger charge is -2.17. The van der Waals surface area contributed by atoms with Crippen molar-refractivity contribution in [3.05, 3.63) is 30.3 Å². The zero-order chi connectivity index (χ0) is 13.5. The number of hydrogen-bond acceptors (Lipinski definition) is 5. The van der Waals surface area contributed by atoms with Crippen molar-refractivity contribution in [3.8, 4) is 11.4 Å². The van der Waals surface area contributed by atoms with E-state index in [0.717, 1.165) is 31.7 Å². The Kier molecular flexibility index (Phi) is 7.04. The number of halogens is 1. The van der Waals surface area contributed by atoms with Crippen LogP contribution in [0.1, 0.15) is 13.8 Å². The van der Waals surface area contributed by atoms with Gasteiger partial charge in [-0.25, -0.2) is 0 Å². The zero-order valence-electron chi connectivity index (χ0n) is 11.9. The van der Waals surface area contributed by atoms with Crippen molar-refractivity contribution >= 4 is 18.4 Å². The van der Waals surface area contributed by atoms with E-state index in [2.05, 4.69) is 34.2 Å². The van der Waals surface area contributed by atoms with Gasteiger partial charge < -0.3 is 14.7 Å². The van der Waals surface area contributed by atoms with Crippen LogP contribution in [-0.4, -0.2) is 41.2 Å². The summed E-state index contributed by atoms with van der Waals surface area (Å²) in [4.78, 5) is 6.66. The molecule has 0 aliphatic heterocycles. The average molecular weight is 297 g/mol. The van der Waals surface area contributed by atoms with Crippen LogP contribution in [0.4, 0.5) is 6.01 Å². The smallest absolute Gasteiger partial charge is 0.321 e. The van der Waals surface area contributed by atoms with E-state index in [9.17, 15) is 0 Å². The summed E-state index contributed by atoms with van der Waals surface area (Å²) in [5, 5.41) is 7.11. The van der Waals surface area contributed by atoms with Crippen molar-refractivity contribution in [2.75, 3.05) is 31.5 Å². The molecule has 0 saturated heterocycles. The topological polar surface area (TPSA) is 54.2 Å². The maximum atomic E-state index is 5.18. The lowest BCUT2D eigenvalue weighted by molar-refractivity contribution is 0.314. The first kappa shape index (κ1) is 16.5. The van der Waals surface area contributed by atoms with E-state index in [1.807, 2.05) is 30.3 Å². The Morgan fingerprint density at radius 2 is 1.85 bits per heavy atom. The van der Waals surface area contributed by atoms with Gasteiger partial charge in [-0.1, -0.05) is 49.3 Å². The number of nitrogens with one attached hydrogen (secondary N) is 1. The van der Waals surface area contributed by atoms with Crippen molar-refractivity contribution in [2.45, 2.75) is 13.8 Å². The second kappa shape index (κ2) is 8.55. The fourth-order valence-corrected chi connectivity index (χ4v) is 1.86. The van der Waals surface area contributed by atoms with Gasteiger partial charge in [-0.2, -0.15) is 4.98 Å². The maximum absolute atomic E-state index is 5.18. The highest BCUT2D eigenvalue weighted by Crippen LogP contribution is 2.16. The second-order valence-electron chi connectivity index (χ2n) is 4.24. The van der Waals surface area contributed by atoms with Crippen LogP contribution in [0.5, 0.6) is 0 Å². The molecule has 0 saturated carbocycles. The van der Waals surface area contributed by atoms with E-state index in [4.69, 9.17) is 4.52 Å². The summed E-state index contributed by atoms with van der Waals surface area (Å²) in [6, 6.07) is 10.3. The SMILES string of the molecule is CCN(CC)CCNc1nc(-c2ccccc2)no1.Cl. The van der Waals surface area contributed by atoms with E-state index in [0.29, 0.717) is 11.8 Å². The van der Waals surface area contributed by atoms with Gasteiger partial charge in [-0.3, -0.25) is 0 Å². The summed E-state index contributed by atoms with van der Waals surface area (Å²) in [5.41, 5.74) is 0.961. The molecule has 6 heteroatoms. The van der Waals surface area contributed by atoms with E-state index >= 15 is 0 Å². The fourth-order valence-electron chi connectivity index (χ4n) is 1.86. The molecule has 1 N–H and O–H groups in total. The third-order valence-electron chi connectivity index (χ3n) is 3.06. The number of anilines is 1. The summed E-state index contributed by atoms with van der Waals surface area (Å²) >= 11 is 0. The van der Waals surface area contributed by atoms with Crippen molar-refractivity contribution in [2.24, 2.45) is 0 Å². The highest BCUT2D eigenvalue weighted by atomic mass is 35.5. The molecule has 0 bridgehead atoms. The van der Waals surface area contributed by atoms with Gasteiger partial charge in [0.2, 0.25) is 5.82 Å². The Labute approximate surface area is 125 Å². The van der Waals surface area contributed by atoms with Gasteiger partial charge in [-0.05, 0) is 13.1 Å². The molecule has 1 heterocycles. The molecule has 1 aromatic carbocycles. The first-order valence-corrected chi connectivity index (χ1v) is 6.68. The summed E-state index contributed by atoms with van der Waals surface area (Å²) in [5.74, 6) is 0.617. The highest BCUT2D eigenvalue weighted by Gasteiger charge is 2.07. The van der Waals surface area contributed by atoms with Gasteiger partial charge in [0.05, 0.1) is 0 Å². The van der Waals surface area contributed by atoms with Crippen LogP contribution in [0.2, 0.25) is 0 Å². The molecule has 20 heavy (non-hydrogen) atoms. The Morgan fingerprint density at radius 1 is 1.15 bits per heavy atom. The largest absolute Gasteiger partial charge is 0.336 e. The van der Waals surface area contributed by atoms with Gasteiger partial charge >= 0.3 is 6.01 Å². The monoisotopic (exact) mass is 296 g/mol. The van der Waals surface area contributed by atoms with Gasteiger partial charge in [0, 0.05) is 18.7 Å². The molecule has 2 aromatic rings. The van der Waals surface area contributed by atoms with E-state index < -0.39 is 0 Å². The molecular weight excluding hydrogens is 276 g/mol. The molecule has 0 amide bonds. The summed E-state index contributed by atoms with van der Waals surface area (Å²) in [7, 11) is 0. The predicted molar refractivity (Wildman–Crippen MR) is 83.3 cm³/mol. The third kappa shape index (κ3) is 4.51. The third-order valence-corrected chi connectivity index (χ3v) is 3.06. The number of benzene rings is 1. The van der Waals surface area contributed by atoms with Crippen molar-refractivity contribution in [1.29, 1.82) is 0 Å². The molecule has 0 atom stereocenters. The van der Waals surface area contributed by atoms with Gasteiger partial charge in [0.1, 0.15) is 0 Å². The molecule has 0 radical (unpaired) electrons. The van der Waals surface area contributed by atoms with Crippen molar-refractivity contribution in [1.82, 2.24) is 15.0 Å². The van der Waals surface area contributed by atoms with Crippen LogP contribution in [0.25, 0.3) is 11.4 Å². The molecule has 0 aliphatic carbocycles. The molecule has 0 spiro atoms. The standard InChI is InChI=1S/C14H20N4O.ClH/c1-3-18(4-2)11-10-15-14-16-13(17-19-14)12-8-6-5-7-9-12;/h5-9H,3-4,10-11H2,1-2H3,(H,15,16,17);1H. The highest BCUT2D eigenvalue weighted by molar-refractivity contribution is 5.85. The maximum Gasteiger partial charge on any atom is 0.321 e. The molecule has 5 nitrogen and oxygen atoms in total. The quantitative estimate of drug-likeness (QED) is 0.851. The molecule has 0 unspecified atom stereocenters. The molecule has 110 valence electrons. The summed E-state index contributed by atoms with van der Waals surface area (Å²) in [6.45, 7) is 8.19. The first-order chi connectivity index (χ1) is 9.33. The number of rotatable bonds is 7. The summed E-state index contributed by atoms with van der Waals surface area (Å²) in [6.07, 6.45) is 0. The first-order valence-electron chi connectivity index (χ1n) is 6.68. The Hall–Kier alpha value is -1.59. The van der Waals surface area contributed by atoms with E-state index in [-0.39, 0.29) is 12.4 Å². The van der Waals surface area contributed by atoms with Crippen molar-refractivity contribution in [3.63, 3.8) is 0 Å². The molecule has 0 fully saturated rings. The minimum absolute atomic E-state index is 0. The van der Waals surface area contributed by atoms with Crippen LogP contribution in [0, 0.1) is 0 Å². The number of hydrogen-bond donors (Lipinski definition) is 1. The Bertz CT molecular complexity index is 485. The lowest BCUT2D eigenvalue weighted by Crippen LogP contribution is -2.28. The Morgan fingerprint density at radius 3 is 2.50 bits per heavy atom. The molecule has 0 aliphatic rings. The van der Waals surface area contributed by atoms with Gasteiger partial charge in [-0.15, -0.1) is 12.4 Å². The Balaban J connectivity index is 0.00000200. The second-order valence-corrected chi connectivity index (χ2v) is 4.24.